The molecule has 0 saturated carbocycles. The topological polar surface area (TPSA) is 55.5 Å². The quantitative estimate of drug-likeness (QED) is 0.868. The van der Waals surface area contributed by atoms with E-state index in [0.717, 1.165) is 12.0 Å². The number of hydrogen-bond donors (Lipinski definition) is 2. The predicted molar refractivity (Wildman–Crippen MR) is 71.7 cm³/mol. The van der Waals surface area contributed by atoms with Crippen molar-refractivity contribution in [3.63, 3.8) is 0 Å². The van der Waals surface area contributed by atoms with Gasteiger partial charge in [0.2, 0.25) is 0 Å². The highest BCUT2D eigenvalue weighted by Gasteiger charge is 2.10. The number of benzene rings is 2. The number of aromatic hydroxyl groups is 1. The summed E-state index contributed by atoms with van der Waals surface area (Å²) in [5.41, 5.74) is 8.31. The maximum atomic E-state index is 9.54. The minimum atomic E-state index is -0.109. The minimum absolute atomic E-state index is 0.109. The number of rotatable bonds is 4. The van der Waals surface area contributed by atoms with Crippen molar-refractivity contribution >= 4 is 0 Å². The van der Waals surface area contributed by atoms with Crippen LogP contribution in [-0.4, -0.2) is 12.2 Å². The summed E-state index contributed by atoms with van der Waals surface area (Å²) in [6.07, 6.45) is 0.759. The summed E-state index contributed by atoms with van der Waals surface area (Å²) < 4.78 is 5.08. The summed E-state index contributed by atoms with van der Waals surface area (Å²) in [6, 6.07) is 15.2. The SMILES string of the molecule is COc1cc(C(N)Cc2ccccc2)ccc1O. The molecular formula is C15H17NO2. The zero-order chi connectivity index (χ0) is 13.0. The van der Waals surface area contributed by atoms with Crippen molar-refractivity contribution in [3.05, 3.63) is 59.7 Å². The molecule has 18 heavy (non-hydrogen) atoms. The van der Waals surface area contributed by atoms with E-state index >= 15 is 0 Å². The Hall–Kier alpha value is -2.00. The third kappa shape index (κ3) is 2.81. The normalized spacial score (nSPS) is 12.1. The van der Waals surface area contributed by atoms with Gasteiger partial charge in [0.15, 0.2) is 11.5 Å². The lowest BCUT2D eigenvalue weighted by molar-refractivity contribution is 0.372. The lowest BCUT2D eigenvalue weighted by atomic mass is 9.99. The van der Waals surface area contributed by atoms with Crippen molar-refractivity contribution in [3.8, 4) is 11.5 Å². The van der Waals surface area contributed by atoms with Crippen LogP contribution in [0.3, 0.4) is 0 Å². The maximum Gasteiger partial charge on any atom is 0.160 e. The first-order valence-electron chi connectivity index (χ1n) is 5.87. The van der Waals surface area contributed by atoms with E-state index in [9.17, 15) is 5.11 Å². The second kappa shape index (κ2) is 5.56. The first-order valence-corrected chi connectivity index (χ1v) is 5.87. The Balaban J connectivity index is 2.16. The van der Waals surface area contributed by atoms with Crippen LogP contribution in [0.4, 0.5) is 0 Å². The maximum absolute atomic E-state index is 9.54. The number of ether oxygens (including phenoxy) is 1. The second-order valence-electron chi connectivity index (χ2n) is 4.23. The molecule has 3 nitrogen and oxygen atoms in total. The zero-order valence-corrected chi connectivity index (χ0v) is 10.3. The third-order valence-electron chi connectivity index (χ3n) is 2.93. The standard InChI is InChI=1S/C15H17NO2/c1-18-15-10-12(7-8-14(15)17)13(16)9-11-5-3-2-4-6-11/h2-8,10,13,17H,9,16H2,1H3. The van der Waals surface area contributed by atoms with Crippen LogP contribution >= 0.6 is 0 Å². The van der Waals surface area contributed by atoms with Crippen LogP contribution in [0.15, 0.2) is 48.5 Å². The Morgan fingerprint density at radius 2 is 1.89 bits per heavy atom. The van der Waals surface area contributed by atoms with Gasteiger partial charge < -0.3 is 15.6 Å². The number of phenols is 1. The van der Waals surface area contributed by atoms with Gasteiger partial charge in [-0.25, -0.2) is 0 Å². The van der Waals surface area contributed by atoms with Gasteiger partial charge in [-0.05, 0) is 29.7 Å². The van der Waals surface area contributed by atoms with Crippen LogP contribution in [0, 0.1) is 0 Å². The molecule has 1 atom stereocenters. The molecule has 0 heterocycles. The van der Waals surface area contributed by atoms with Crippen LogP contribution in [0.25, 0.3) is 0 Å². The Bertz CT molecular complexity index is 511. The van der Waals surface area contributed by atoms with Crippen molar-refractivity contribution in [2.75, 3.05) is 7.11 Å². The number of methoxy groups -OCH3 is 1. The van der Waals surface area contributed by atoms with Crippen molar-refractivity contribution in [2.45, 2.75) is 12.5 Å². The highest BCUT2D eigenvalue weighted by molar-refractivity contribution is 5.43. The van der Waals surface area contributed by atoms with Gasteiger partial charge in [-0.3, -0.25) is 0 Å². The smallest absolute Gasteiger partial charge is 0.160 e. The zero-order valence-electron chi connectivity index (χ0n) is 10.3. The summed E-state index contributed by atoms with van der Waals surface area (Å²) in [5, 5.41) is 9.54. The Morgan fingerprint density at radius 3 is 2.56 bits per heavy atom. The summed E-state index contributed by atoms with van der Waals surface area (Å²) in [4.78, 5) is 0. The van der Waals surface area contributed by atoms with Crippen LogP contribution < -0.4 is 10.5 Å². The fraction of sp³-hybridized carbons (Fsp3) is 0.200. The number of hydrogen-bond acceptors (Lipinski definition) is 3. The average molecular weight is 243 g/mol. The van der Waals surface area contributed by atoms with Gasteiger partial charge >= 0.3 is 0 Å². The van der Waals surface area contributed by atoms with E-state index in [4.69, 9.17) is 10.5 Å². The Kier molecular flexibility index (Phi) is 3.85. The van der Waals surface area contributed by atoms with Gasteiger partial charge in [-0.1, -0.05) is 36.4 Å². The molecule has 0 radical (unpaired) electrons. The van der Waals surface area contributed by atoms with E-state index in [1.807, 2.05) is 24.3 Å². The molecule has 3 heteroatoms. The highest BCUT2D eigenvalue weighted by atomic mass is 16.5. The van der Waals surface area contributed by atoms with E-state index in [-0.39, 0.29) is 11.8 Å². The molecule has 0 aliphatic carbocycles. The van der Waals surface area contributed by atoms with Crippen molar-refractivity contribution in [1.29, 1.82) is 0 Å². The first-order chi connectivity index (χ1) is 8.70. The van der Waals surface area contributed by atoms with Crippen molar-refractivity contribution in [2.24, 2.45) is 5.73 Å². The Morgan fingerprint density at radius 1 is 1.17 bits per heavy atom. The van der Waals surface area contributed by atoms with Crippen LogP contribution in [0.1, 0.15) is 17.2 Å². The summed E-state index contributed by atoms with van der Waals surface area (Å²) in [6.45, 7) is 0. The van der Waals surface area contributed by atoms with Gasteiger partial charge in [-0.15, -0.1) is 0 Å². The molecule has 0 spiro atoms. The molecule has 0 bridgehead atoms. The number of nitrogens with two attached hydrogens (primary N) is 1. The monoisotopic (exact) mass is 243 g/mol. The lowest BCUT2D eigenvalue weighted by Gasteiger charge is -2.14. The van der Waals surface area contributed by atoms with Gasteiger partial charge in [0.05, 0.1) is 7.11 Å². The number of phenolic OH excluding ortho intramolecular Hbond substituents is 1. The van der Waals surface area contributed by atoms with E-state index in [1.165, 1.54) is 12.7 Å². The molecule has 2 aromatic carbocycles. The molecule has 2 rings (SSSR count). The largest absolute Gasteiger partial charge is 0.504 e. The summed E-state index contributed by atoms with van der Waals surface area (Å²) >= 11 is 0. The third-order valence-corrected chi connectivity index (χ3v) is 2.93. The van der Waals surface area contributed by atoms with Crippen LogP contribution in [0.5, 0.6) is 11.5 Å². The molecule has 0 fully saturated rings. The van der Waals surface area contributed by atoms with E-state index in [1.54, 1.807) is 12.1 Å². The molecular weight excluding hydrogens is 226 g/mol. The fourth-order valence-electron chi connectivity index (χ4n) is 1.91. The van der Waals surface area contributed by atoms with Gasteiger partial charge in [-0.2, -0.15) is 0 Å². The molecule has 0 saturated heterocycles. The molecule has 0 aliphatic rings. The van der Waals surface area contributed by atoms with E-state index in [0.29, 0.717) is 5.75 Å². The average Bonchev–Trinajstić information content (AvgIpc) is 2.40. The summed E-state index contributed by atoms with van der Waals surface area (Å²) in [7, 11) is 1.53. The fourth-order valence-corrected chi connectivity index (χ4v) is 1.91. The Labute approximate surface area is 107 Å². The van der Waals surface area contributed by atoms with Crippen molar-refractivity contribution in [1.82, 2.24) is 0 Å². The molecule has 94 valence electrons. The van der Waals surface area contributed by atoms with E-state index < -0.39 is 0 Å². The van der Waals surface area contributed by atoms with Crippen molar-refractivity contribution < 1.29 is 9.84 Å². The lowest BCUT2D eigenvalue weighted by Crippen LogP contribution is -2.13. The van der Waals surface area contributed by atoms with E-state index in [2.05, 4.69) is 12.1 Å². The highest BCUT2D eigenvalue weighted by Crippen LogP contribution is 2.29. The minimum Gasteiger partial charge on any atom is -0.504 e. The first kappa shape index (κ1) is 12.5. The second-order valence-corrected chi connectivity index (χ2v) is 4.23. The van der Waals surface area contributed by atoms with Gasteiger partial charge in [0.1, 0.15) is 0 Å². The molecule has 3 N–H and O–H groups in total. The molecule has 0 aliphatic heterocycles. The van der Waals surface area contributed by atoms with Crippen LogP contribution in [0.2, 0.25) is 0 Å². The van der Waals surface area contributed by atoms with Gasteiger partial charge in [0, 0.05) is 6.04 Å². The van der Waals surface area contributed by atoms with Gasteiger partial charge in [0.25, 0.3) is 0 Å². The molecule has 0 aromatic heterocycles. The molecule has 2 aromatic rings. The molecule has 0 amide bonds. The van der Waals surface area contributed by atoms with Crippen LogP contribution in [-0.2, 0) is 6.42 Å². The molecule has 1 unspecified atom stereocenters. The predicted octanol–water partition coefficient (Wildman–Crippen LogP) is 2.64. The summed E-state index contributed by atoms with van der Waals surface area (Å²) in [5.74, 6) is 0.587.